The van der Waals surface area contributed by atoms with Crippen molar-refractivity contribution in [3.8, 4) is 11.1 Å². The molecule has 0 fully saturated rings. The lowest BCUT2D eigenvalue weighted by Crippen LogP contribution is -2.31. The Morgan fingerprint density at radius 1 is 0.774 bits per heavy atom. The lowest BCUT2D eigenvalue weighted by Gasteiger charge is -2.18. The van der Waals surface area contributed by atoms with Gasteiger partial charge in [-0.3, -0.25) is 4.79 Å². The summed E-state index contributed by atoms with van der Waals surface area (Å²) in [6.07, 6.45) is -1.14. The predicted octanol–water partition coefficient (Wildman–Crippen LogP) is 5.19. The van der Waals surface area contributed by atoms with Crippen molar-refractivity contribution in [1.29, 1.82) is 0 Å². The molecule has 1 aliphatic carbocycles. The molecule has 4 heteroatoms. The van der Waals surface area contributed by atoms with Gasteiger partial charge in [-0.15, -0.1) is 0 Å². The van der Waals surface area contributed by atoms with E-state index in [4.69, 9.17) is 4.74 Å². The van der Waals surface area contributed by atoms with Gasteiger partial charge in [-0.25, -0.2) is 4.79 Å². The molecule has 1 N–H and O–H groups in total. The fourth-order valence-electron chi connectivity index (χ4n) is 4.38. The zero-order valence-electron chi connectivity index (χ0n) is 16.7. The molecule has 0 spiro atoms. The summed E-state index contributed by atoms with van der Waals surface area (Å²) in [6.45, 7) is 0. The van der Waals surface area contributed by atoms with Gasteiger partial charge in [0.05, 0.1) is 0 Å². The first-order valence-corrected chi connectivity index (χ1v) is 10.2. The van der Waals surface area contributed by atoms with Crippen molar-refractivity contribution in [2.75, 3.05) is 0 Å². The first-order valence-electron chi connectivity index (χ1n) is 10.2. The first kappa shape index (κ1) is 19.1. The molecule has 4 nitrogen and oxygen atoms in total. The van der Waals surface area contributed by atoms with Gasteiger partial charge in [0.2, 0.25) is 6.10 Å². The van der Waals surface area contributed by atoms with E-state index in [-0.39, 0.29) is 6.42 Å². The quantitative estimate of drug-likeness (QED) is 0.462. The Morgan fingerprint density at radius 2 is 1.35 bits per heavy atom. The molecule has 152 valence electrons. The maximum absolute atomic E-state index is 13.2. The number of carbonyl (C=O) groups is 2. The van der Waals surface area contributed by atoms with E-state index in [9.17, 15) is 14.7 Å². The molecule has 0 aromatic heterocycles. The number of ether oxygens (including phenoxy) is 1. The number of carboxylic acid groups (broad SMARTS) is 1. The molecule has 1 atom stereocenters. The molecule has 0 heterocycles. The molecule has 4 aromatic rings. The molecule has 0 amide bonds. The number of esters is 1. The van der Waals surface area contributed by atoms with E-state index in [1.165, 1.54) is 0 Å². The number of fused-ring (bicyclic) bond motifs is 4. The van der Waals surface area contributed by atoms with Crippen LogP contribution in [0, 0.1) is 0 Å². The van der Waals surface area contributed by atoms with Gasteiger partial charge in [0.15, 0.2) is 0 Å². The highest BCUT2D eigenvalue weighted by Crippen LogP contribution is 2.45. The molecule has 0 aliphatic heterocycles. The van der Waals surface area contributed by atoms with Crippen LogP contribution in [-0.4, -0.2) is 23.1 Å². The second-order valence-electron chi connectivity index (χ2n) is 7.76. The van der Waals surface area contributed by atoms with E-state index in [1.807, 2.05) is 91.0 Å². The van der Waals surface area contributed by atoms with E-state index in [2.05, 4.69) is 0 Å². The normalized spacial score (nSPS) is 13.4. The molecule has 0 saturated carbocycles. The van der Waals surface area contributed by atoms with Crippen LogP contribution in [0.15, 0.2) is 91.0 Å². The van der Waals surface area contributed by atoms with Crippen molar-refractivity contribution in [2.45, 2.75) is 18.4 Å². The molecular weight excluding hydrogens is 388 g/mol. The predicted molar refractivity (Wildman–Crippen MR) is 119 cm³/mol. The van der Waals surface area contributed by atoms with Gasteiger partial charge >= 0.3 is 11.9 Å². The van der Waals surface area contributed by atoms with E-state index < -0.39 is 24.0 Å². The molecule has 5 rings (SSSR count). The average Bonchev–Trinajstić information content (AvgIpc) is 3.13. The summed E-state index contributed by atoms with van der Waals surface area (Å²) in [6, 6.07) is 29.1. The minimum atomic E-state index is -1.26. The van der Waals surface area contributed by atoms with Crippen LogP contribution in [0.3, 0.4) is 0 Å². The Labute approximate surface area is 179 Å². The van der Waals surface area contributed by atoms with Gasteiger partial charge in [-0.1, -0.05) is 91.0 Å². The second-order valence-corrected chi connectivity index (χ2v) is 7.76. The van der Waals surface area contributed by atoms with E-state index in [1.54, 1.807) is 0 Å². The molecule has 0 unspecified atom stereocenters. The number of hydrogen-bond acceptors (Lipinski definition) is 3. The standard InChI is InChI=1S/C27H20O4/c28-26(29)24(16-17-13-14-18-7-1-2-8-19(18)15-17)31-27(30)25-22-11-5-3-9-20(22)21-10-4-6-12-23(21)25/h1-15,24-25H,16H2,(H,28,29)/t24-/m0/s1. The van der Waals surface area contributed by atoms with Crippen molar-refractivity contribution in [2.24, 2.45) is 0 Å². The fourth-order valence-corrected chi connectivity index (χ4v) is 4.38. The van der Waals surface area contributed by atoms with E-state index in [0.29, 0.717) is 0 Å². The number of carbonyl (C=O) groups excluding carboxylic acids is 1. The van der Waals surface area contributed by atoms with Crippen LogP contribution in [-0.2, 0) is 20.7 Å². The molecular formula is C27H20O4. The topological polar surface area (TPSA) is 63.6 Å². The highest BCUT2D eigenvalue weighted by molar-refractivity contribution is 5.94. The van der Waals surface area contributed by atoms with Crippen LogP contribution < -0.4 is 0 Å². The third-order valence-electron chi connectivity index (χ3n) is 5.84. The summed E-state index contributed by atoms with van der Waals surface area (Å²) in [5, 5.41) is 11.9. The van der Waals surface area contributed by atoms with Gasteiger partial charge in [0.25, 0.3) is 0 Å². The fraction of sp³-hybridized carbons (Fsp3) is 0.111. The molecule has 1 aliphatic rings. The Kier molecular flexibility index (Phi) is 4.75. The maximum atomic E-state index is 13.2. The first-order chi connectivity index (χ1) is 15.1. The average molecular weight is 408 g/mol. The van der Waals surface area contributed by atoms with E-state index >= 15 is 0 Å². The van der Waals surface area contributed by atoms with Crippen molar-refractivity contribution >= 4 is 22.7 Å². The molecule has 31 heavy (non-hydrogen) atoms. The number of aliphatic carboxylic acids is 1. The van der Waals surface area contributed by atoms with Gasteiger partial charge in [-0.05, 0) is 38.6 Å². The van der Waals surface area contributed by atoms with E-state index in [0.717, 1.165) is 38.6 Å². The van der Waals surface area contributed by atoms with Crippen molar-refractivity contribution in [3.05, 3.63) is 108 Å². The third kappa shape index (κ3) is 3.46. The van der Waals surface area contributed by atoms with Crippen molar-refractivity contribution in [1.82, 2.24) is 0 Å². The van der Waals surface area contributed by atoms with Crippen LogP contribution >= 0.6 is 0 Å². The Hall–Kier alpha value is -3.92. The second kappa shape index (κ2) is 7.73. The number of benzene rings is 4. The Morgan fingerprint density at radius 3 is 2.00 bits per heavy atom. The summed E-state index contributed by atoms with van der Waals surface area (Å²) in [5.41, 5.74) is 4.49. The Bertz CT molecular complexity index is 1260. The lowest BCUT2D eigenvalue weighted by molar-refractivity contribution is -0.164. The summed E-state index contributed by atoms with van der Waals surface area (Å²) in [7, 11) is 0. The molecule has 4 aromatic carbocycles. The highest BCUT2D eigenvalue weighted by atomic mass is 16.6. The Balaban J connectivity index is 1.43. The molecule has 0 radical (unpaired) electrons. The van der Waals surface area contributed by atoms with Crippen LogP contribution in [0.2, 0.25) is 0 Å². The van der Waals surface area contributed by atoms with Crippen molar-refractivity contribution in [3.63, 3.8) is 0 Å². The summed E-state index contributed by atoms with van der Waals surface area (Å²) < 4.78 is 5.59. The highest BCUT2D eigenvalue weighted by Gasteiger charge is 2.36. The summed E-state index contributed by atoms with van der Waals surface area (Å²) in [5.74, 6) is -2.31. The summed E-state index contributed by atoms with van der Waals surface area (Å²) >= 11 is 0. The largest absolute Gasteiger partial charge is 0.478 e. The molecule has 0 bridgehead atoms. The smallest absolute Gasteiger partial charge is 0.345 e. The maximum Gasteiger partial charge on any atom is 0.345 e. The number of hydrogen-bond donors (Lipinski definition) is 1. The van der Waals surface area contributed by atoms with Crippen LogP contribution in [0.5, 0.6) is 0 Å². The van der Waals surface area contributed by atoms with Crippen molar-refractivity contribution < 1.29 is 19.4 Å². The van der Waals surface area contributed by atoms with Gasteiger partial charge in [0.1, 0.15) is 5.92 Å². The monoisotopic (exact) mass is 408 g/mol. The van der Waals surface area contributed by atoms with Crippen LogP contribution in [0.25, 0.3) is 21.9 Å². The number of carboxylic acids is 1. The van der Waals surface area contributed by atoms with Gasteiger partial charge in [-0.2, -0.15) is 0 Å². The third-order valence-corrected chi connectivity index (χ3v) is 5.84. The lowest BCUT2D eigenvalue weighted by atomic mass is 9.97. The zero-order chi connectivity index (χ0) is 21.4. The van der Waals surface area contributed by atoms with Crippen LogP contribution in [0.1, 0.15) is 22.6 Å². The van der Waals surface area contributed by atoms with Gasteiger partial charge < -0.3 is 9.84 Å². The zero-order valence-corrected chi connectivity index (χ0v) is 16.7. The summed E-state index contributed by atoms with van der Waals surface area (Å²) in [4.78, 5) is 25.1. The SMILES string of the molecule is O=C(O[C@@H](Cc1ccc2ccccc2c1)C(=O)O)C1c2ccccc2-c2ccccc21. The molecule has 0 saturated heterocycles. The number of rotatable bonds is 5. The van der Waals surface area contributed by atoms with Gasteiger partial charge in [0, 0.05) is 6.42 Å². The van der Waals surface area contributed by atoms with Crippen LogP contribution in [0.4, 0.5) is 0 Å². The minimum absolute atomic E-state index is 0.113. The minimum Gasteiger partial charge on any atom is -0.478 e.